The molecule has 0 saturated heterocycles. The Morgan fingerprint density at radius 3 is 2.44 bits per heavy atom. The predicted molar refractivity (Wildman–Crippen MR) is 123 cm³/mol. The molecule has 3 aromatic rings. The van der Waals surface area contributed by atoms with Crippen molar-refractivity contribution in [3.8, 4) is 11.5 Å². The predicted octanol–water partition coefficient (Wildman–Crippen LogP) is 3.54. The molecular formula is C25H25N3O4. The summed E-state index contributed by atoms with van der Waals surface area (Å²) < 4.78 is 11.1. The second-order valence-electron chi connectivity index (χ2n) is 6.78. The lowest BCUT2D eigenvalue weighted by molar-refractivity contribution is -0.120. The number of nitrogens with one attached hydrogen (secondary N) is 2. The van der Waals surface area contributed by atoms with Crippen molar-refractivity contribution < 1.29 is 19.1 Å². The summed E-state index contributed by atoms with van der Waals surface area (Å²) in [6, 6.07) is 24.0. The molecular weight excluding hydrogens is 406 g/mol. The van der Waals surface area contributed by atoms with E-state index in [1.807, 2.05) is 61.5 Å². The molecule has 0 unspecified atom stereocenters. The van der Waals surface area contributed by atoms with E-state index in [2.05, 4.69) is 15.8 Å². The van der Waals surface area contributed by atoms with Crippen molar-refractivity contribution in [2.75, 3.05) is 13.2 Å². The van der Waals surface area contributed by atoms with Gasteiger partial charge in [0.25, 0.3) is 11.8 Å². The van der Waals surface area contributed by atoms with Crippen LogP contribution in [-0.2, 0) is 11.4 Å². The molecule has 2 N–H and O–H groups in total. The molecule has 0 aliphatic carbocycles. The fraction of sp³-hybridized carbons (Fsp3) is 0.160. The number of rotatable bonds is 10. The summed E-state index contributed by atoms with van der Waals surface area (Å²) in [6.07, 6.45) is 1.52. The van der Waals surface area contributed by atoms with Gasteiger partial charge in [0, 0.05) is 5.56 Å². The second-order valence-corrected chi connectivity index (χ2v) is 6.78. The van der Waals surface area contributed by atoms with Gasteiger partial charge in [-0.25, -0.2) is 5.43 Å². The maximum atomic E-state index is 12.1. The summed E-state index contributed by atoms with van der Waals surface area (Å²) in [7, 11) is 0. The normalized spacial score (nSPS) is 10.5. The molecule has 0 radical (unpaired) electrons. The van der Waals surface area contributed by atoms with Crippen LogP contribution in [0.25, 0.3) is 0 Å². The van der Waals surface area contributed by atoms with Crippen LogP contribution in [0.3, 0.4) is 0 Å². The number of hydrogen-bond donors (Lipinski definition) is 2. The summed E-state index contributed by atoms with van der Waals surface area (Å²) in [5.41, 5.74) is 4.69. The lowest BCUT2D eigenvalue weighted by Crippen LogP contribution is -2.34. The van der Waals surface area contributed by atoms with Crippen LogP contribution in [0.4, 0.5) is 0 Å². The van der Waals surface area contributed by atoms with Gasteiger partial charge >= 0.3 is 0 Å². The van der Waals surface area contributed by atoms with Gasteiger partial charge in [-0.2, -0.15) is 5.10 Å². The number of nitrogens with zero attached hydrogens (tertiary/aromatic N) is 1. The topological polar surface area (TPSA) is 89.0 Å². The first kappa shape index (κ1) is 22.6. The summed E-state index contributed by atoms with van der Waals surface area (Å²) in [4.78, 5) is 24.1. The van der Waals surface area contributed by atoms with Gasteiger partial charge in [-0.1, -0.05) is 42.5 Å². The quantitative estimate of drug-likeness (QED) is 0.380. The second kappa shape index (κ2) is 11.9. The Morgan fingerprint density at radius 2 is 1.69 bits per heavy atom. The molecule has 164 valence electrons. The van der Waals surface area contributed by atoms with Crippen LogP contribution in [0, 0.1) is 0 Å². The largest absolute Gasteiger partial charge is 0.494 e. The van der Waals surface area contributed by atoms with Gasteiger partial charge in [0.05, 0.1) is 19.4 Å². The van der Waals surface area contributed by atoms with Gasteiger partial charge < -0.3 is 14.8 Å². The van der Waals surface area contributed by atoms with E-state index >= 15 is 0 Å². The fourth-order valence-corrected chi connectivity index (χ4v) is 2.78. The van der Waals surface area contributed by atoms with Gasteiger partial charge in [-0.3, -0.25) is 9.59 Å². The third kappa shape index (κ3) is 7.28. The Hall–Kier alpha value is -4.13. The number of benzene rings is 3. The molecule has 3 aromatic carbocycles. The van der Waals surface area contributed by atoms with Crippen molar-refractivity contribution in [1.29, 1.82) is 0 Å². The smallest absolute Gasteiger partial charge is 0.259 e. The van der Waals surface area contributed by atoms with Crippen LogP contribution in [0.2, 0.25) is 0 Å². The standard InChI is InChI=1S/C25H25N3O4/c1-2-31-22-13-11-21(12-14-22)25(30)26-17-24(29)28-27-16-20-9-6-10-23(15-20)32-18-19-7-4-3-5-8-19/h3-16H,2,17-18H2,1H3,(H,26,30)(H,28,29)/b27-16-. The Morgan fingerprint density at radius 1 is 0.906 bits per heavy atom. The summed E-state index contributed by atoms with van der Waals surface area (Å²) >= 11 is 0. The highest BCUT2D eigenvalue weighted by Gasteiger charge is 2.08. The van der Waals surface area contributed by atoms with Gasteiger partial charge in [-0.15, -0.1) is 0 Å². The number of hydrazone groups is 1. The zero-order valence-corrected chi connectivity index (χ0v) is 17.8. The molecule has 0 fully saturated rings. The van der Waals surface area contributed by atoms with E-state index in [1.54, 1.807) is 24.3 Å². The zero-order valence-electron chi connectivity index (χ0n) is 17.8. The number of carbonyl (C=O) groups excluding carboxylic acids is 2. The summed E-state index contributed by atoms with van der Waals surface area (Å²) in [5, 5.41) is 6.49. The van der Waals surface area contributed by atoms with Crippen molar-refractivity contribution in [2.45, 2.75) is 13.5 Å². The number of hydrogen-bond acceptors (Lipinski definition) is 5. The Labute approximate surface area is 187 Å². The van der Waals surface area contributed by atoms with Crippen molar-refractivity contribution in [2.24, 2.45) is 5.10 Å². The highest BCUT2D eigenvalue weighted by molar-refractivity contribution is 5.96. The Kier molecular flexibility index (Phi) is 8.39. The van der Waals surface area contributed by atoms with Gasteiger partial charge in [0.1, 0.15) is 18.1 Å². The summed E-state index contributed by atoms with van der Waals surface area (Å²) in [5.74, 6) is 0.602. The maximum absolute atomic E-state index is 12.1. The third-order valence-corrected chi connectivity index (χ3v) is 4.35. The van der Waals surface area contributed by atoms with Crippen LogP contribution in [0.15, 0.2) is 84.0 Å². The molecule has 0 spiro atoms. The fourth-order valence-electron chi connectivity index (χ4n) is 2.78. The zero-order chi connectivity index (χ0) is 22.6. The molecule has 0 saturated carbocycles. The minimum Gasteiger partial charge on any atom is -0.494 e. The van der Waals surface area contributed by atoms with Gasteiger partial charge in [0.2, 0.25) is 0 Å². The average Bonchev–Trinajstić information content (AvgIpc) is 2.83. The minimum absolute atomic E-state index is 0.191. The first-order valence-corrected chi connectivity index (χ1v) is 10.2. The van der Waals surface area contributed by atoms with Crippen molar-refractivity contribution in [1.82, 2.24) is 10.7 Å². The molecule has 0 atom stereocenters. The van der Waals surface area contributed by atoms with E-state index in [1.165, 1.54) is 6.21 Å². The molecule has 0 aliphatic rings. The van der Waals surface area contributed by atoms with Crippen LogP contribution >= 0.6 is 0 Å². The van der Waals surface area contributed by atoms with E-state index in [9.17, 15) is 9.59 Å². The van der Waals surface area contributed by atoms with Crippen molar-refractivity contribution >= 4 is 18.0 Å². The van der Waals surface area contributed by atoms with E-state index in [-0.39, 0.29) is 12.5 Å². The number of ether oxygens (including phenoxy) is 2. The monoisotopic (exact) mass is 431 g/mol. The molecule has 3 rings (SSSR count). The lowest BCUT2D eigenvalue weighted by atomic mass is 10.2. The van der Waals surface area contributed by atoms with E-state index in [4.69, 9.17) is 9.47 Å². The first-order chi connectivity index (χ1) is 15.6. The first-order valence-electron chi connectivity index (χ1n) is 10.2. The van der Waals surface area contributed by atoms with E-state index in [0.29, 0.717) is 30.3 Å². The van der Waals surface area contributed by atoms with Crippen LogP contribution < -0.4 is 20.2 Å². The van der Waals surface area contributed by atoms with E-state index in [0.717, 1.165) is 11.1 Å². The molecule has 0 bridgehead atoms. The SMILES string of the molecule is CCOc1ccc(C(=O)NCC(=O)N/N=C\c2cccc(OCc3ccccc3)c2)cc1. The number of carbonyl (C=O) groups is 2. The van der Waals surface area contributed by atoms with Crippen LogP contribution in [-0.4, -0.2) is 31.2 Å². The molecule has 0 aromatic heterocycles. The summed E-state index contributed by atoms with van der Waals surface area (Å²) in [6.45, 7) is 2.71. The molecule has 7 nitrogen and oxygen atoms in total. The Bertz CT molecular complexity index is 1050. The van der Waals surface area contributed by atoms with Gasteiger partial charge in [0.15, 0.2) is 0 Å². The third-order valence-electron chi connectivity index (χ3n) is 4.35. The molecule has 0 aliphatic heterocycles. The average molecular weight is 431 g/mol. The van der Waals surface area contributed by atoms with E-state index < -0.39 is 5.91 Å². The highest BCUT2D eigenvalue weighted by Crippen LogP contribution is 2.14. The highest BCUT2D eigenvalue weighted by atomic mass is 16.5. The molecule has 7 heteroatoms. The lowest BCUT2D eigenvalue weighted by Gasteiger charge is -2.07. The van der Waals surface area contributed by atoms with Crippen molar-refractivity contribution in [3.05, 3.63) is 95.6 Å². The van der Waals surface area contributed by atoms with Gasteiger partial charge in [-0.05, 0) is 54.4 Å². The molecule has 32 heavy (non-hydrogen) atoms. The van der Waals surface area contributed by atoms with Crippen molar-refractivity contribution in [3.63, 3.8) is 0 Å². The maximum Gasteiger partial charge on any atom is 0.259 e. The Balaban J connectivity index is 1.43. The van der Waals surface area contributed by atoms with Crippen LogP contribution in [0.1, 0.15) is 28.4 Å². The molecule has 0 heterocycles. The molecule has 2 amide bonds. The number of amides is 2. The van der Waals surface area contributed by atoms with Crippen LogP contribution in [0.5, 0.6) is 11.5 Å². The minimum atomic E-state index is -0.433.